The lowest BCUT2D eigenvalue weighted by Gasteiger charge is -2.35. The minimum Gasteiger partial charge on any atom is -0.370 e. The highest BCUT2D eigenvalue weighted by atomic mass is 35.5. The Labute approximate surface area is 166 Å². The monoisotopic (exact) mass is 430 g/mol. The third kappa shape index (κ3) is 4.35. The molecule has 3 rings (SSSR count). The smallest absolute Gasteiger partial charge is 0.270 e. The van der Waals surface area contributed by atoms with Crippen LogP contribution in [0, 0.1) is 10.1 Å². The molecule has 2 aromatic carbocycles. The number of halogens is 2. The summed E-state index contributed by atoms with van der Waals surface area (Å²) in [4.78, 5) is 12.2. The van der Waals surface area contributed by atoms with Gasteiger partial charge in [0.25, 0.3) is 5.69 Å². The number of nitrogens with zero attached hydrogens (tertiary/aromatic N) is 2. The SMILES string of the molecule is CS(=O)(=O)c1cc([N+](=O)[O-])ccc1N1CCOC(c2ccc(Cl)c(Cl)c2)C1. The van der Waals surface area contributed by atoms with Crippen LogP contribution in [0.4, 0.5) is 11.4 Å². The normalized spacial score (nSPS) is 17.7. The van der Waals surface area contributed by atoms with Gasteiger partial charge in [-0.1, -0.05) is 29.3 Å². The molecule has 27 heavy (non-hydrogen) atoms. The van der Waals surface area contributed by atoms with Crippen LogP contribution < -0.4 is 4.90 Å². The molecule has 1 aliphatic heterocycles. The summed E-state index contributed by atoms with van der Waals surface area (Å²) < 4.78 is 30.2. The maximum atomic E-state index is 12.2. The predicted octanol–water partition coefficient (Wildman–Crippen LogP) is 3.88. The zero-order chi connectivity index (χ0) is 19.8. The first kappa shape index (κ1) is 19.9. The first-order valence-electron chi connectivity index (χ1n) is 7.97. The number of nitro benzene ring substituents is 1. The molecule has 0 aliphatic carbocycles. The molecule has 144 valence electrons. The van der Waals surface area contributed by atoms with Gasteiger partial charge >= 0.3 is 0 Å². The van der Waals surface area contributed by atoms with Gasteiger partial charge in [-0.3, -0.25) is 10.1 Å². The van der Waals surface area contributed by atoms with Crippen molar-refractivity contribution in [2.24, 2.45) is 0 Å². The Morgan fingerprint density at radius 2 is 1.93 bits per heavy atom. The van der Waals surface area contributed by atoms with Gasteiger partial charge in [-0.2, -0.15) is 0 Å². The van der Waals surface area contributed by atoms with Crippen molar-refractivity contribution in [2.75, 3.05) is 30.9 Å². The van der Waals surface area contributed by atoms with Gasteiger partial charge in [-0.15, -0.1) is 0 Å². The molecule has 0 saturated carbocycles. The van der Waals surface area contributed by atoms with Crippen molar-refractivity contribution in [1.82, 2.24) is 0 Å². The summed E-state index contributed by atoms with van der Waals surface area (Å²) in [5.41, 5.74) is 0.960. The molecule has 0 amide bonds. The third-order valence-corrected chi connectivity index (χ3v) is 6.14. The molecule has 2 aromatic rings. The van der Waals surface area contributed by atoms with Crippen LogP contribution >= 0.6 is 23.2 Å². The topological polar surface area (TPSA) is 89.8 Å². The first-order chi connectivity index (χ1) is 12.7. The van der Waals surface area contributed by atoms with E-state index in [1.807, 2.05) is 4.90 Å². The average molecular weight is 431 g/mol. The van der Waals surface area contributed by atoms with Crippen LogP contribution in [-0.2, 0) is 14.6 Å². The van der Waals surface area contributed by atoms with Crippen LogP contribution in [0.5, 0.6) is 0 Å². The van der Waals surface area contributed by atoms with Crippen molar-refractivity contribution >= 4 is 44.4 Å². The van der Waals surface area contributed by atoms with E-state index in [1.54, 1.807) is 18.2 Å². The Kier molecular flexibility index (Phi) is 5.62. The van der Waals surface area contributed by atoms with Crippen LogP contribution in [0.2, 0.25) is 10.0 Å². The van der Waals surface area contributed by atoms with Crippen molar-refractivity contribution in [3.8, 4) is 0 Å². The molecule has 0 spiro atoms. The number of nitro groups is 1. The second-order valence-corrected chi connectivity index (χ2v) is 8.96. The van der Waals surface area contributed by atoms with Crippen LogP contribution in [0.15, 0.2) is 41.3 Å². The highest BCUT2D eigenvalue weighted by Crippen LogP contribution is 2.34. The van der Waals surface area contributed by atoms with Crippen LogP contribution in [0.3, 0.4) is 0 Å². The van der Waals surface area contributed by atoms with E-state index < -0.39 is 14.8 Å². The number of rotatable bonds is 4. The van der Waals surface area contributed by atoms with Crippen LogP contribution in [-0.4, -0.2) is 39.3 Å². The van der Waals surface area contributed by atoms with Crippen molar-refractivity contribution in [1.29, 1.82) is 0 Å². The summed E-state index contributed by atoms with van der Waals surface area (Å²) in [6.45, 7) is 1.20. The summed E-state index contributed by atoms with van der Waals surface area (Å²) in [5.74, 6) is 0. The average Bonchev–Trinajstić information content (AvgIpc) is 2.63. The van der Waals surface area contributed by atoms with E-state index in [9.17, 15) is 18.5 Å². The van der Waals surface area contributed by atoms with Crippen molar-refractivity contribution in [2.45, 2.75) is 11.0 Å². The van der Waals surface area contributed by atoms with Gasteiger partial charge in [0, 0.05) is 31.5 Å². The Balaban J connectivity index is 1.96. The van der Waals surface area contributed by atoms with Crippen molar-refractivity contribution in [3.05, 3.63) is 62.1 Å². The number of hydrogen-bond donors (Lipinski definition) is 0. The maximum absolute atomic E-state index is 12.2. The molecule has 0 bridgehead atoms. The van der Waals surface area contributed by atoms with Crippen molar-refractivity contribution in [3.63, 3.8) is 0 Å². The standard InChI is InChI=1S/C17H16Cl2N2O5S/c1-27(24,25)17-9-12(21(22)23)3-5-15(17)20-6-7-26-16(10-20)11-2-4-13(18)14(19)8-11/h2-5,8-9,16H,6-7,10H2,1H3. The lowest BCUT2D eigenvalue weighted by Crippen LogP contribution is -2.39. The summed E-state index contributed by atoms with van der Waals surface area (Å²) in [6.07, 6.45) is 0.697. The van der Waals surface area contributed by atoms with Gasteiger partial charge in [0.15, 0.2) is 9.84 Å². The number of anilines is 1. The molecule has 0 aromatic heterocycles. The number of benzene rings is 2. The van der Waals surface area contributed by atoms with E-state index in [0.29, 0.717) is 35.4 Å². The molecule has 1 unspecified atom stereocenters. The zero-order valence-corrected chi connectivity index (χ0v) is 16.6. The van der Waals surface area contributed by atoms with Gasteiger partial charge in [0.1, 0.15) is 6.10 Å². The summed E-state index contributed by atoms with van der Waals surface area (Å²) in [6, 6.07) is 9.05. The Hall–Kier alpha value is -1.87. The Morgan fingerprint density at radius 1 is 1.19 bits per heavy atom. The lowest BCUT2D eigenvalue weighted by atomic mass is 10.1. The van der Waals surface area contributed by atoms with E-state index in [-0.39, 0.29) is 16.7 Å². The minimum absolute atomic E-state index is 0.0773. The van der Waals surface area contributed by atoms with E-state index in [4.69, 9.17) is 27.9 Å². The molecular weight excluding hydrogens is 415 g/mol. The quantitative estimate of drug-likeness (QED) is 0.539. The van der Waals surface area contributed by atoms with Gasteiger partial charge in [-0.05, 0) is 23.8 Å². The first-order valence-corrected chi connectivity index (χ1v) is 10.6. The van der Waals surface area contributed by atoms with Crippen LogP contribution in [0.25, 0.3) is 0 Å². The molecule has 0 radical (unpaired) electrons. The van der Waals surface area contributed by atoms with E-state index in [2.05, 4.69) is 0 Å². The molecule has 10 heteroatoms. The summed E-state index contributed by atoms with van der Waals surface area (Å²) in [5, 5.41) is 11.9. The minimum atomic E-state index is -3.66. The van der Waals surface area contributed by atoms with Gasteiger partial charge in [0.05, 0.1) is 32.2 Å². The largest absolute Gasteiger partial charge is 0.370 e. The fraction of sp³-hybridized carbons (Fsp3) is 0.294. The molecule has 7 nitrogen and oxygen atoms in total. The van der Waals surface area contributed by atoms with Gasteiger partial charge < -0.3 is 9.64 Å². The highest BCUT2D eigenvalue weighted by Gasteiger charge is 2.27. The molecule has 1 aliphatic rings. The van der Waals surface area contributed by atoms with Crippen LogP contribution in [0.1, 0.15) is 11.7 Å². The fourth-order valence-electron chi connectivity index (χ4n) is 2.96. The molecular formula is C17H16Cl2N2O5S. The second kappa shape index (κ2) is 7.63. The molecule has 1 atom stereocenters. The molecule has 1 saturated heterocycles. The molecule has 1 fully saturated rings. The second-order valence-electron chi connectivity index (χ2n) is 6.16. The van der Waals surface area contributed by atoms with Gasteiger partial charge in [0.2, 0.25) is 0 Å². The Bertz CT molecular complexity index is 997. The van der Waals surface area contributed by atoms with Crippen molar-refractivity contribution < 1.29 is 18.1 Å². The zero-order valence-electron chi connectivity index (χ0n) is 14.3. The molecule has 0 N–H and O–H groups in total. The highest BCUT2D eigenvalue weighted by molar-refractivity contribution is 7.90. The third-order valence-electron chi connectivity index (χ3n) is 4.28. The number of sulfone groups is 1. The number of ether oxygens (including phenoxy) is 1. The number of non-ortho nitro benzene ring substituents is 1. The number of hydrogen-bond acceptors (Lipinski definition) is 6. The van der Waals surface area contributed by atoms with E-state index in [0.717, 1.165) is 17.9 Å². The fourth-order valence-corrected chi connectivity index (χ4v) is 4.18. The van der Waals surface area contributed by atoms with E-state index >= 15 is 0 Å². The summed E-state index contributed by atoms with van der Waals surface area (Å²) in [7, 11) is -3.66. The molecule has 1 heterocycles. The van der Waals surface area contributed by atoms with E-state index in [1.165, 1.54) is 12.1 Å². The predicted molar refractivity (Wildman–Crippen MR) is 104 cm³/mol. The summed E-state index contributed by atoms with van der Waals surface area (Å²) >= 11 is 12.0. The van der Waals surface area contributed by atoms with Gasteiger partial charge in [-0.25, -0.2) is 8.42 Å². The maximum Gasteiger partial charge on any atom is 0.270 e. The number of morpholine rings is 1. The lowest BCUT2D eigenvalue weighted by molar-refractivity contribution is -0.385. The Morgan fingerprint density at radius 3 is 2.56 bits per heavy atom.